The number of phenolic OH excluding ortho intramolecular Hbond substituents is 1. The minimum absolute atomic E-state index is 0.193. The molecular formula is C41H40N10O2. The summed E-state index contributed by atoms with van der Waals surface area (Å²) in [6, 6.07) is 23.1. The number of hydrogen-bond donors (Lipinski definition) is 3. The lowest BCUT2D eigenvalue weighted by Crippen LogP contribution is -1.99. The number of nitrogens with zero attached hydrogens (tertiary/aromatic N) is 8. The SMILES string of the molecule is CC(C)n1cc(-c2ccnc(Nc3cccc(O)c3)n2)c2ccncc21.COc1cccc(Nc2nccc(-c3cn(C(C)C)c4cnccc34)n2)c1. The number of hydrogen-bond acceptors (Lipinski definition) is 10. The molecule has 0 unspecified atom stereocenters. The molecular weight excluding hydrogens is 665 g/mol. The van der Waals surface area contributed by atoms with Crippen LogP contribution < -0.4 is 15.4 Å². The minimum Gasteiger partial charge on any atom is -0.508 e. The van der Waals surface area contributed by atoms with Crippen LogP contribution in [0.5, 0.6) is 11.5 Å². The van der Waals surface area contributed by atoms with Gasteiger partial charge in [-0.15, -0.1) is 0 Å². The topological polar surface area (TPSA) is 141 Å². The third-order valence-corrected chi connectivity index (χ3v) is 8.68. The van der Waals surface area contributed by atoms with E-state index in [-0.39, 0.29) is 5.75 Å². The summed E-state index contributed by atoms with van der Waals surface area (Å²) in [6.07, 6.45) is 15.1. The van der Waals surface area contributed by atoms with Gasteiger partial charge in [-0.1, -0.05) is 12.1 Å². The quantitative estimate of drug-likeness (QED) is 0.133. The number of nitrogens with one attached hydrogen (secondary N) is 2. The van der Waals surface area contributed by atoms with Crippen molar-refractivity contribution in [1.29, 1.82) is 0 Å². The molecule has 6 heterocycles. The van der Waals surface area contributed by atoms with Crippen molar-refractivity contribution in [2.24, 2.45) is 0 Å². The third kappa shape index (κ3) is 7.61. The van der Waals surface area contributed by atoms with Crippen molar-refractivity contribution >= 4 is 45.1 Å². The number of pyridine rings is 2. The van der Waals surface area contributed by atoms with Crippen molar-refractivity contribution in [3.63, 3.8) is 0 Å². The summed E-state index contributed by atoms with van der Waals surface area (Å²) < 4.78 is 9.68. The molecule has 0 amide bonds. The van der Waals surface area contributed by atoms with E-state index in [1.54, 1.807) is 43.9 Å². The van der Waals surface area contributed by atoms with Crippen LogP contribution in [0.2, 0.25) is 0 Å². The van der Waals surface area contributed by atoms with E-state index in [9.17, 15) is 5.11 Å². The molecule has 53 heavy (non-hydrogen) atoms. The van der Waals surface area contributed by atoms with E-state index in [4.69, 9.17) is 9.72 Å². The highest BCUT2D eigenvalue weighted by atomic mass is 16.5. The van der Waals surface area contributed by atoms with E-state index in [0.717, 1.165) is 61.4 Å². The largest absolute Gasteiger partial charge is 0.508 e. The Kier molecular flexibility index (Phi) is 9.93. The first-order valence-corrected chi connectivity index (χ1v) is 17.3. The molecule has 266 valence electrons. The summed E-state index contributed by atoms with van der Waals surface area (Å²) in [6.45, 7) is 8.61. The maximum Gasteiger partial charge on any atom is 0.227 e. The van der Waals surface area contributed by atoms with Gasteiger partial charge in [0.25, 0.3) is 0 Å². The fourth-order valence-electron chi connectivity index (χ4n) is 6.14. The second kappa shape index (κ2) is 15.2. The Morgan fingerprint density at radius 1 is 0.623 bits per heavy atom. The highest BCUT2D eigenvalue weighted by molar-refractivity contribution is 5.95. The monoisotopic (exact) mass is 704 g/mol. The average Bonchev–Trinajstić information content (AvgIpc) is 3.76. The van der Waals surface area contributed by atoms with Gasteiger partial charge in [0.1, 0.15) is 11.5 Å². The van der Waals surface area contributed by atoms with Crippen molar-refractivity contribution in [1.82, 2.24) is 39.0 Å². The Bertz CT molecular complexity index is 2510. The molecule has 12 heteroatoms. The van der Waals surface area contributed by atoms with Crippen molar-refractivity contribution < 1.29 is 9.84 Å². The second-order valence-corrected chi connectivity index (χ2v) is 12.9. The summed E-state index contributed by atoms with van der Waals surface area (Å²) in [5, 5.41) is 18.2. The standard InChI is InChI=1S/C21H21N5O.C20H19N5O/c1-14(2)26-13-18(17-7-9-22-12-20(17)26)19-8-10-23-21(25-19)24-15-5-4-6-16(11-15)27-3;1-13(2)25-12-17(16-6-8-21-11-19(16)25)18-7-9-22-20(24-18)23-14-4-3-5-15(26)10-14/h4-14H,1-3H3,(H,23,24,25);3-13,26H,1-2H3,(H,22,23,24). The average molecular weight is 705 g/mol. The lowest BCUT2D eigenvalue weighted by molar-refractivity contribution is 0.415. The molecule has 0 radical (unpaired) electrons. The fourth-order valence-corrected chi connectivity index (χ4v) is 6.14. The zero-order valence-corrected chi connectivity index (χ0v) is 30.1. The minimum atomic E-state index is 0.193. The molecule has 0 aliphatic rings. The van der Waals surface area contributed by atoms with Crippen molar-refractivity contribution in [3.05, 3.63) is 122 Å². The normalized spacial score (nSPS) is 11.2. The molecule has 6 aromatic heterocycles. The smallest absolute Gasteiger partial charge is 0.227 e. The van der Waals surface area contributed by atoms with E-state index < -0.39 is 0 Å². The zero-order chi connectivity index (χ0) is 36.9. The molecule has 0 aliphatic carbocycles. The third-order valence-electron chi connectivity index (χ3n) is 8.68. The predicted octanol–water partition coefficient (Wildman–Crippen LogP) is 9.35. The zero-order valence-electron chi connectivity index (χ0n) is 30.1. The molecule has 2 aromatic carbocycles. The van der Waals surface area contributed by atoms with Crippen LogP contribution in [0.25, 0.3) is 44.3 Å². The maximum atomic E-state index is 9.61. The molecule has 8 aromatic rings. The number of fused-ring (bicyclic) bond motifs is 2. The predicted molar refractivity (Wildman–Crippen MR) is 210 cm³/mol. The number of benzene rings is 2. The van der Waals surface area contributed by atoms with Crippen LogP contribution in [0.1, 0.15) is 39.8 Å². The van der Waals surface area contributed by atoms with E-state index in [1.807, 2.05) is 73.2 Å². The molecule has 8 rings (SSSR count). The van der Waals surface area contributed by atoms with E-state index in [1.165, 1.54) is 0 Å². The van der Waals surface area contributed by atoms with Crippen LogP contribution in [0, 0.1) is 0 Å². The maximum absolute atomic E-state index is 9.61. The van der Waals surface area contributed by atoms with Crippen LogP contribution in [0.3, 0.4) is 0 Å². The molecule has 0 spiro atoms. The lowest BCUT2D eigenvalue weighted by Gasteiger charge is -2.08. The molecule has 0 aliphatic heterocycles. The highest BCUT2D eigenvalue weighted by Gasteiger charge is 2.15. The highest BCUT2D eigenvalue weighted by Crippen LogP contribution is 2.33. The molecule has 0 bridgehead atoms. The first kappa shape index (κ1) is 34.6. The Morgan fingerprint density at radius 2 is 1.13 bits per heavy atom. The summed E-state index contributed by atoms with van der Waals surface area (Å²) in [7, 11) is 1.65. The molecule has 0 fully saturated rings. The second-order valence-electron chi connectivity index (χ2n) is 12.9. The van der Waals surface area contributed by atoms with Gasteiger partial charge < -0.3 is 29.6 Å². The fraction of sp³-hybridized carbons (Fsp3) is 0.171. The molecule has 0 saturated carbocycles. The van der Waals surface area contributed by atoms with Gasteiger partial charge in [-0.3, -0.25) is 9.97 Å². The van der Waals surface area contributed by atoms with Gasteiger partial charge in [-0.2, -0.15) is 0 Å². The number of rotatable bonds is 9. The van der Waals surface area contributed by atoms with Gasteiger partial charge in [0.15, 0.2) is 0 Å². The number of ether oxygens (including phenoxy) is 1. The van der Waals surface area contributed by atoms with Crippen LogP contribution >= 0.6 is 0 Å². The number of phenols is 1. The summed E-state index contributed by atoms with van der Waals surface area (Å²) in [4.78, 5) is 26.5. The summed E-state index contributed by atoms with van der Waals surface area (Å²) in [5.74, 6) is 2.00. The first-order chi connectivity index (χ1) is 25.8. The van der Waals surface area contributed by atoms with Gasteiger partial charge >= 0.3 is 0 Å². The van der Waals surface area contributed by atoms with Crippen molar-refractivity contribution in [3.8, 4) is 34.0 Å². The molecule has 0 saturated heterocycles. The van der Waals surface area contributed by atoms with Gasteiger partial charge in [0.2, 0.25) is 11.9 Å². The summed E-state index contributed by atoms with van der Waals surface area (Å²) >= 11 is 0. The van der Waals surface area contributed by atoms with E-state index >= 15 is 0 Å². The van der Waals surface area contributed by atoms with E-state index in [2.05, 4.69) is 84.8 Å². The molecule has 0 atom stereocenters. The van der Waals surface area contributed by atoms with Crippen molar-refractivity contribution in [2.75, 3.05) is 17.7 Å². The molecule has 3 N–H and O–H groups in total. The lowest BCUT2D eigenvalue weighted by atomic mass is 10.1. The summed E-state index contributed by atoms with van der Waals surface area (Å²) in [5.41, 5.74) is 7.59. The van der Waals surface area contributed by atoms with E-state index in [0.29, 0.717) is 24.0 Å². The Morgan fingerprint density at radius 3 is 1.62 bits per heavy atom. The Labute approximate surface area is 307 Å². The van der Waals surface area contributed by atoms with Crippen molar-refractivity contribution in [2.45, 2.75) is 39.8 Å². The van der Waals surface area contributed by atoms with Crippen LogP contribution in [0.15, 0.2) is 122 Å². The Balaban J connectivity index is 0.000000164. The number of methoxy groups -OCH3 is 1. The first-order valence-electron chi connectivity index (χ1n) is 17.3. The van der Waals surface area contributed by atoms with Gasteiger partial charge in [-0.25, -0.2) is 19.9 Å². The molecule has 12 nitrogen and oxygen atoms in total. The van der Waals surface area contributed by atoms with Crippen LogP contribution in [-0.2, 0) is 0 Å². The van der Waals surface area contributed by atoms with Crippen LogP contribution in [0.4, 0.5) is 23.3 Å². The van der Waals surface area contributed by atoms with Gasteiger partial charge in [-0.05, 0) is 76.2 Å². The van der Waals surface area contributed by atoms with Crippen LogP contribution in [-0.4, -0.2) is 51.3 Å². The Hall–Kier alpha value is -6.82. The number of aromatic hydroxyl groups is 1. The number of aromatic nitrogens is 8. The van der Waals surface area contributed by atoms with Gasteiger partial charge in [0.05, 0.1) is 41.9 Å². The number of anilines is 4. The van der Waals surface area contributed by atoms with Gasteiger partial charge in [0, 0.05) is 94.7 Å².